The van der Waals surface area contributed by atoms with E-state index >= 15 is 0 Å². The zero-order chi connectivity index (χ0) is 14.2. The second kappa shape index (κ2) is 5.67. The van der Waals surface area contributed by atoms with Gasteiger partial charge >= 0.3 is 0 Å². The van der Waals surface area contributed by atoms with Gasteiger partial charge in [-0.25, -0.2) is 0 Å². The van der Waals surface area contributed by atoms with Crippen molar-refractivity contribution in [1.29, 1.82) is 0 Å². The number of nitrogens with two attached hydrogens (primary N) is 1. The predicted molar refractivity (Wildman–Crippen MR) is 83.0 cm³/mol. The van der Waals surface area contributed by atoms with E-state index in [0.29, 0.717) is 5.92 Å². The molecule has 2 atom stereocenters. The van der Waals surface area contributed by atoms with Gasteiger partial charge in [-0.15, -0.1) is 0 Å². The van der Waals surface area contributed by atoms with Crippen LogP contribution in [0.1, 0.15) is 55.7 Å². The number of benzene rings is 1. The van der Waals surface area contributed by atoms with Gasteiger partial charge in [0, 0.05) is 17.7 Å². The minimum atomic E-state index is 0.105. The lowest BCUT2D eigenvalue weighted by atomic mass is 9.78. The average Bonchev–Trinajstić information content (AvgIpc) is 2.86. The van der Waals surface area contributed by atoms with Crippen LogP contribution in [-0.2, 0) is 4.74 Å². The second-order valence-corrected chi connectivity index (χ2v) is 6.95. The number of hydrogen-bond donors (Lipinski definition) is 1. The van der Waals surface area contributed by atoms with Crippen LogP contribution in [0.5, 0.6) is 0 Å². The van der Waals surface area contributed by atoms with Crippen LogP contribution in [0.4, 0.5) is 0 Å². The lowest BCUT2D eigenvalue weighted by Gasteiger charge is -2.40. The topological polar surface area (TPSA) is 35.2 Å². The van der Waals surface area contributed by atoms with E-state index in [4.69, 9.17) is 22.1 Å². The van der Waals surface area contributed by atoms with Crippen molar-refractivity contribution in [3.63, 3.8) is 0 Å². The summed E-state index contributed by atoms with van der Waals surface area (Å²) < 4.78 is 6.12. The van der Waals surface area contributed by atoms with E-state index in [9.17, 15) is 0 Å². The van der Waals surface area contributed by atoms with Crippen molar-refractivity contribution in [3.05, 3.63) is 34.3 Å². The number of aryl methyl sites for hydroxylation is 1. The molecule has 2 nitrogen and oxygen atoms in total. The van der Waals surface area contributed by atoms with E-state index in [0.717, 1.165) is 24.5 Å². The molecule has 1 aliphatic heterocycles. The number of halogens is 1. The van der Waals surface area contributed by atoms with Gasteiger partial charge in [-0.1, -0.05) is 30.5 Å². The van der Waals surface area contributed by atoms with E-state index in [-0.39, 0.29) is 11.6 Å². The Morgan fingerprint density at radius 1 is 1.35 bits per heavy atom. The first-order valence-electron chi connectivity index (χ1n) is 7.75. The van der Waals surface area contributed by atoms with Gasteiger partial charge in [0.25, 0.3) is 0 Å². The van der Waals surface area contributed by atoms with E-state index in [1.165, 1.54) is 36.8 Å². The molecule has 1 aliphatic carbocycles. The molecule has 2 unspecified atom stereocenters. The Kier molecular flexibility index (Phi) is 4.07. The van der Waals surface area contributed by atoms with Gasteiger partial charge in [0.05, 0.1) is 5.60 Å². The zero-order valence-electron chi connectivity index (χ0n) is 12.2. The van der Waals surface area contributed by atoms with Gasteiger partial charge in [-0.3, -0.25) is 0 Å². The highest BCUT2D eigenvalue weighted by Crippen LogP contribution is 2.45. The second-order valence-electron chi connectivity index (χ2n) is 6.52. The molecule has 1 spiro atoms. The van der Waals surface area contributed by atoms with Crippen molar-refractivity contribution < 1.29 is 4.74 Å². The quantitative estimate of drug-likeness (QED) is 0.878. The molecule has 0 radical (unpaired) electrons. The first-order valence-corrected chi connectivity index (χ1v) is 8.13. The third-order valence-electron chi connectivity index (χ3n) is 5.14. The van der Waals surface area contributed by atoms with Crippen LogP contribution in [0, 0.1) is 12.8 Å². The fourth-order valence-electron chi connectivity index (χ4n) is 4.01. The zero-order valence-corrected chi connectivity index (χ0v) is 13.0. The van der Waals surface area contributed by atoms with Gasteiger partial charge in [-0.2, -0.15) is 0 Å². The van der Waals surface area contributed by atoms with Crippen LogP contribution in [-0.4, -0.2) is 12.2 Å². The summed E-state index contributed by atoms with van der Waals surface area (Å²) in [6.45, 7) is 2.97. The van der Waals surface area contributed by atoms with Gasteiger partial charge in [-0.05, 0) is 61.8 Å². The molecule has 3 rings (SSSR count). The van der Waals surface area contributed by atoms with Crippen molar-refractivity contribution in [3.8, 4) is 0 Å². The third-order valence-corrected chi connectivity index (χ3v) is 5.38. The number of ether oxygens (including phenoxy) is 1. The Morgan fingerprint density at radius 3 is 2.80 bits per heavy atom. The maximum absolute atomic E-state index is 6.57. The van der Waals surface area contributed by atoms with Crippen LogP contribution < -0.4 is 5.73 Å². The van der Waals surface area contributed by atoms with Gasteiger partial charge in [0.2, 0.25) is 0 Å². The Bertz CT molecular complexity index is 482. The lowest BCUT2D eigenvalue weighted by Crippen LogP contribution is -2.40. The third kappa shape index (κ3) is 2.74. The molecule has 110 valence electrons. The van der Waals surface area contributed by atoms with Crippen LogP contribution in [0.15, 0.2) is 18.2 Å². The normalized spacial score (nSPS) is 26.9. The highest BCUT2D eigenvalue weighted by atomic mass is 35.5. The standard InChI is InChI=1S/C17H24ClNO/c1-12-10-14(18)4-5-15(12)16(19)13-6-9-20-17(11-13)7-2-3-8-17/h4-5,10,13,16H,2-3,6-9,11,19H2,1H3. The van der Waals surface area contributed by atoms with Crippen LogP contribution in [0.2, 0.25) is 5.02 Å². The van der Waals surface area contributed by atoms with E-state index < -0.39 is 0 Å². The minimum Gasteiger partial charge on any atom is -0.375 e. The Balaban J connectivity index is 1.77. The fourth-order valence-corrected chi connectivity index (χ4v) is 4.23. The summed E-state index contributed by atoms with van der Waals surface area (Å²) in [4.78, 5) is 0. The maximum Gasteiger partial charge on any atom is 0.0685 e. The molecular weight excluding hydrogens is 270 g/mol. The summed E-state index contributed by atoms with van der Waals surface area (Å²) >= 11 is 6.05. The summed E-state index contributed by atoms with van der Waals surface area (Å²) in [5.41, 5.74) is 9.16. The lowest BCUT2D eigenvalue weighted by molar-refractivity contribution is -0.0964. The molecule has 0 amide bonds. The minimum absolute atomic E-state index is 0.105. The molecule has 1 saturated carbocycles. The smallest absolute Gasteiger partial charge is 0.0685 e. The van der Waals surface area contributed by atoms with Gasteiger partial charge < -0.3 is 10.5 Å². The molecule has 0 bridgehead atoms. The predicted octanol–water partition coefficient (Wildman–Crippen LogP) is 4.39. The van der Waals surface area contributed by atoms with Crippen molar-refractivity contribution in [2.75, 3.05) is 6.61 Å². The molecule has 2 fully saturated rings. The summed E-state index contributed by atoms with van der Waals surface area (Å²) in [6.07, 6.45) is 7.25. The van der Waals surface area contributed by atoms with Gasteiger partial charge in [0.15, 0.2) is 0 Å². The monoisotopic (exact) mass is 293 g/mol. The Morgan fingerprint density at radius 2 is 2.10 bits per heavy atom. The molecule has 1 aromatic carbocycles. The van der Waals surface area contributed by atoms with Crippen LogP contribution >= 0.6 is 11.6 Å². The number of hydrogen-bond acceptors (Lipinski definition) is 2. The van der Waals surface area contributed by atoms with Crippen molar-refractivity contribution in [1.82, 2.24) is 0 Å². The highest BCUT2D eigenvalue weighted by molar-refractivity contribution is 6.30. The van der Waals surface area contributed by atoms with E-state index in [1.807, 2.05) is 12.1 Å². The van der Waals surface area contributed by atoms with Crippen LogP contribution in [0.3, 0.4) is 0 Å². The summed E-state index contributed by atoms with van der Waals surface area (Å²) in [7, 11) is 0. The fraction of sp³-hybridized carbons (Fsp3) is 0.647. The SMILES string of the molecule is Cc1cc(Cl)ccc1C(N)C1CCOC2(CCCC2)C1. The Labute approximate surface area is 126 Å². The molecule has 3 heteroatoms. The summed E-state index contributed by atoms with van der Waals surface area (Å²) in [6, 6.07) is 6.17. The first kappa shape index (κ1) is 14.4. The molecule has 1 aromatic rings. The first-order chi connectivity index (χ1) is 9.60. The van der Waals surface area contributed by atoms with Gasteiger partial charge in [0.1, 0.15) is 0 Å². The van der Waals surface area contributed by atoms with E-state index in [2.05, 4.69) is 13.0 Å². The molecule has 2 aliphatic rings. The number of rotatable bonds is 2. The molecule has 20 heavy (non-hydrogen) atoms. The highest BCUT2D eigenvalue weighted by Gasteiger charge is 2.41. The largest absolute Gasteiger partial charge is 0.375 e. The Hall–Kier alpha value is -0.570. The molecular formula is C17H24ClNO. The van der Waals surface area contributed by atoms with E-state index in [1.54, 1.807) is 0 Å². The molecule has 1 saturated heterocycles. The summed E-state index contributed by atoms with van der Waals surface area (Å²) in [5, 5.41) is 0.790. The maximum atomic E-state index is 6.57. The molecule has 1 heterocycles. The molecule has 0 aromatic heterocycles. The van der Waals surface area contributed by atoms with Crippen molar-refractivity contribution in [2.24, 2.45) is 11.7 Å². The molecule has 2 N–H and O–H groups in total. The van der Waals surface area contributed by atoms with Crippen LogP contribution in [0.25, 0.3) is 0 Å². The average molecular weight is 294 g/mol. The van der Waals surface area contributed by atoms with Crippen molar-refractivity contribution >= 4 is 11.6 Å². The summed E-state index contributed by atoms with van der Waals surface area (Å²) in [5.74, 6) is 0.529. The van der Waals surface area contributed by atoms with Crippen molar-refractivity contribution in [2.45, 2.75) is 57.1 Å².